The Bertz CT molecular complexity index is 660. The molecule has 4 rings (SSSR count). The zero-order valence-electron chi connectivity index (χ0n) is 16.4. The predicted molar refractivity (Wildman–Crippen MR) is 105 cm³/mol. The Kier molecular flexibility index (Phi) is 5.86. The second-order valence-electron chi connectivity index (χ2n) is 8.03. The quantitative estimate of drug-likeness (QED) is 0.641. The van der Waals surface area contributed by atoms with Crippen LogP contribution >= 0.6 is 0 Å². The second kappa shape index (κ2) is 8.51. The van der Waals surface area contributed by atoms with E-state index in [9.17, 15) is 0 Å². The van der Waals surface area contributed by atoms with Crippen molar-refractivity contribution in [1.82, 2.24) is 0 Å². The number of ether oxygens (including phenoxy) is 3. The normalized spacial score (nSPS) is 25.4. The molecule has 1 atom stereocenters. The second-order valence-corrected chi connectivity index (χ2v) is 8.03. The third-order valence-electron chi connectivity index (χ3n) is 5.78. The lowest BCUT2D eigenvalue weighted by Crippen LogP contribution is -2.29. The maximum absolute atomic E-state index is 6.31. The van der Waals surface area contributed by atoms with Crippen LogP contribution in [0.15, 0.2) is 23.4 Å². The van der Waals surface area contributed by atoms with Crippen LogP contribution in [0.5, 0.6) is 11.5 Å². The van der Waals surface area contributed by atoms with Crippen molar-refractivity contribution in [2.24, 2.45) is 5.16 Å². The van der Waals surface area contributed by atoms with E-state index in [1.165, 1.54) is 19.3 Å². The third-order valence-corrected chi connectivity index (χ3v) is 5.78. The van der Waals surface area contributed by atoms with Crippen molar-refractivity contribution in [3.05, 3.63) is 23.8 Å². The first-order valence-electron chi connectivity index (χ1n) is 10.5. The zero-order valence-corrected chi connectivity index (χ0v) is 16.4. The van der Waals surface area contributed by atoms with Crippen LogP contribution in [0.25, 0.3) is 0 Å². The molecular formula is C22H31NO4. The molecule has 2 heterocycles. The Labute approximate surface area is 162 Å². The van der Waals surface area contributed by atoms with E-state index < -0.39 is 0 Å². The average Bonchev–Trinajstić information content (AvgIpc) is 3.34. The highest BCUT2D eigenvalue weighted by Gasteiger charge is 2.43. The lowest BCUT2D eigenvalue weighted by Gasteiger charge is -2.24. The molecule has 5 heteroatoms. The average molecular weight is 373 g/mol. The minimum absolute atomic E-state index is 0.254. The van der Waals surface area contributed by atoms with E-state index >= 15 is 0 Å². The molecule has 2 aliphatic heterocycles. The summed E-state index contributed by atoms with van der Waals surface area (Å²) in [5, 5.41) is 4.36. The molecule has 1 unspecified atom stereocenters. The van der Waals surface area contributed by atoms with Gasteiger partial charge >= 0.3 is 0 Å². The molecule has 1 aliphatic carbocycles. The van der Waals surface area contributed by atoms with Crippen molar-refractivity contribution in [1.29, 1.82) is 0 Å². The van der Waals surface area contributed by atoms with E-state index in [4.69, 9.17) is 19.0 Å². The summed E-state index contributed by atoms with van der Waals surface area (Å²) >= 11 is 0. The molecule has 0 aromatic heterocycles. The minimum atomic E-state index is -0.254. The largest absolute Gasteiger partial charge is 0.490 e. The number of hydrogen-bond donors (Lipinski definition) is 0. The molecule has 0 radical (unpaired) electrons. The molecule has 1 spiro atoms. The van der Waals surface area contributed by atoms with Gasteiger partial charge in [0.2, 0.25) is 0 Å². The van der Waals surface area contributed by atoms with Crippen molar-refractivity contribution >= 4 is 5.71 Å². The highest BCUT2D eigenvalue weighted by atomic mass is 16.7. The van der Waals surface area contributed by atoms with Crippen LogP contribution in [0.3, 0.4) is 0 Å². The number of oxime groups is 1. The number of unbranched alkanes of at least 4 members (excludes halogenated alkanes) is 1. The molecule has 2 fully saturated rings. The van der Waals surface area contributed by atoms with E-state index in [0.717, 1.165) is 67.9 Å². The summed E-state index contributed by atoms with van der Waals surface area (Å²) in [6.45, 7) is 4.26. The van der Waals surface area contributed by atoms with Crippen molar-refractivity contribution in [2.75, 3.05) is 19.8 Å². The van der Waals surface area contributed by atoms with Crippen LogP contribution in [-0.2, 0) is 9.57 Å². The van der Waals surface area contributed by atoms with Crippen molar-refractivity contribution in [3.63, 3.8) is 0 Å². The van der Waals surface area contributed by atoms with Gasteiger partial charge in [0.1, 0.15) is 0 Å². The first-order valence-corrected chi connectivity index (χ1v) is 10.5. The smallest absolute Gasteiger partial charge is 0.168 e. The molecule has 0 amide bonds. The molecule has 148 valence electrons. The SMILES string of the molecule is CCCCOc1cc(C2=NOC3(CCOC3)C2)ccc1OC1CCCCC1. The summed E-state index contributed by atoms with van der Waals surface area (Å²) in [5.74, 6) is 1.69. The highest BCUT2D eigenvalue weighted by Crippen LogP contribution is 2.37. The molecule has 3 aliphatic rings. The summed E-state index contributed by atoms with van der Waals surface area (Å²) in [4.78, 5) is 5.75. The molecule has 27 heavy (non-hydrogen) atoms. The first kappa shape index (κ1) is 18.6. The number of rotatable bonds is 7. The summed E-state index contributed by atoms with van der Waals surface area (Å²) in [7, 11) is 0. The standard InChI is InChI=1S/C22H31NO4/c1-2-3-12-25-21-14-17(19-15-22(27-23-19)11-13-24-16-22)9-10-20(21)26-18-7-5-4-6-8-18/h9-10,14,18H,2-8,11-13,15-16H2,1H3. The zero-order chi connectivity index (χ0) is 18.5. The van der Waals surface area contributed by atoms with E-state index in [2.05, 4.69) is 24.2 Å². The van der Waals surface area contributed by atoms with Gasteiger partial charge in [-0.05, 0) is 50.3 Å². The van der Waals surface area contributed by atoms with Gasteiger partial charge in [0.25, 0.3) is 0 Å². The summed E-state index contributed by atoms with van der Waals surface area (Å²) in [6.07, 6.45) is 10.3. The van der Waals surface area contributed by atoms with Gasteiger partial charge in [0.05, 0.1) is 31.6 Å². The van der Waals surface area contributed by atoms with Crippen LogP contribution in [0.4, 0.5) is 0 Å². The molecule has 0 N–H and O–H groups in total. The molecular weight excluding hydrogens is 342 g/mol. The van der Waals surface area contributed by atoms with E-state index in [1.54, 1.807) is 0 Å². The van der Waals surface area contributed by atoms with E-state index in [1.807, 2.05) is 6.07 Å². The van der Waals surface area contributed by atoms with Crippen LogP contribution in [0.2, 0.25) is 0 Å². The van der Waals surface area contributed by atoms with Gasteiger partial charge in [-0.3, -0.25) is 0 Å². The topological polar surface area (TPSA) is 49.3 Å². The van der Waals surface area contributed by atoms with Crippen molar-refractivity contribution in [3.8, 4) is 11.5 Å². The lowest BCUT2D eigenvalue weighted by atomic mass is 9.93. The summed E-state index contributed by atoms with van der Waals surface area (Å²) in [6, 6.07) is 6.20. The van der Waals surface area contributed by atoms with Gasteiger partial charge in [0.15, 0.2) is 17.1 Å². The Morgan fingerprint density at radius 3 is 2.85 bits per heavy atom. The van der Waals surface area contributed by atoms with Gasteiger partial charge in [-0.2, -0.15) is 0 Å². The van der Waals surface area contributed by atoms with Gasteiger partial charge in [-0.1, -0.05) is 24.9 Å². The molecule has 1 saturated heterocycles. The van der Waals surface area contributed by atoms with Crippen molar-refractivity contribution in [2.45, 2.75) is 76.4 Å². The molecule has 5 nitrogen and oxygen atoms in total. The molecule has 1 aromatic rings. The van der Waals surface area contributed by atoms with Gasteiger partial charge in [-0.25, -0.2) is 0 Å². The molecule has 0 bridgehead atoms. The fraction of sp³-hybridized carbons (Fsp3) is 0.682. The lowest BCUT2D eigenvalue weighted by molar-refractivity contribution is -0.0237. The Hall–Kier alpha value is -1.75. The summed E-state index contributed by atoms with van der Waals surface area (Å²) in [5.41, 5.74) is 1.78. The highest BCUT2D eigenvalue weighted by molar-refractivity contribution is 6.02. The first-order chi connectivity index (χ1) is 13.3. The molecule has 1 aromatic carbocycles. The monoisotopic (exact) mass is 373 g/mol. The van der Waals surface area contributed by atoms with Gasteiger partial charge in [0, 0.05) is 18.4 Å². The van der Waals surface area contributed by atoms with Crippen LogP contribution in [0.1, 0.15) is 70.3 Å². The van der Waals surface area contributed by atoms with Crippen molar-refractivity contribution < 1.29 is 19.0 Å². The van der Waals surface area contributed by atoms with E-state index in [-0.39, 0.29) is 5.60 Å². The van der Waals surface area contributed by atoms with Gasteiger partial charge in [-0.15, -0.1) is 0 Å². The number of nitrogens with zero attached hydrogens (tertiary/aromatic N) is 1. The molecule has 1 saturated carbocycles. The Morgan fingerprint density at radius 2 is 2.07 bits per heavy atom. The maximum Gasteiger partial charge on any atom is 0.168 e. The number of benzene rings is 1. The summed E-state index contributed by atoms with van der Waals surface area (Å²) < 4.78 is 17.9. The fourth-order valence-corrected chi connectivity index (χ4v) is 4.06. The fourth-order valence-electron chi connectivity index (χ4n) is 4.06. The number of hydrogen-bond acceptors (Lipinski definition) is 5. The van der Waals surface area contributed by atoms with E-state index in [0.29, 0.717) is 19.3 Å². The Balaban J connectivity index is 1.50. The third kappa shape index (κ3) is 4.40. The van der Waals surface area contributed by atoms with Gasteiger partial charge < -0.3 is 19.0 Å². The maximum atomic E-state index is 6.31. The predicted octanol–water partition coefficient (Wildman–Crippen LogP) is 4.86. The minimum Gasteiger partial charge on any atom is -0.490 e. The van der Waals surface area contributed by atoms with Crippen LogP contribution < -0.4 is 9.47 Å². The van der Waals surface area contributed by atoms with Crippen LogP contribution in [0, 0.1) is 0 Å². The Morgan fingerprint density at radius 1 is 1.19 bits per heavy atom. The van der Waals surface area contributed by atoms with Crippen LogP contribution in [-0.4, -0.2) is 37.2 Å².